The van der Waals surface area contributed by atoms with Gasteiger partial charge in [-0.1, -0.05) is 24.3 Å². The van der Waals surface area contributed by atoms with Crippen LogP contribution in [0.5, 0.6) is 0 Å². The molecule has 0 radical (unpaired) electrons. The van der Waals surface area contributed by atoms with Crippen molar-refractivity contribution in [1.82, 2.24) is 0 Å². The molecule has 0 unspecified atom stereocenters. The maximum atomic E-state index is 2.40. The smallest absolute Gasteiger partial charge is 0.0402 e. The number of rotatable bonds is 3. The molecule has 2 aromatic rings. The second-order valence-electron chi connectivity index (χ2n) is 4.16. The van der Waals surface area contributed by atoms with Crippen molar-refractivity contribution in [1.29, 1.82) is 0 Å². The fourth-order valence-electron chi connectivity index (χ4n) is 2.25. The van der Waals surface area contributed by atoms with Crippen LogP contribution in [0.25, 0.3) is 10.8 Å². The van der Waals surface area contributed by atoms with Gasteiger partial charge in [-0.15, -0.1) is 0 Å². The van der Waals surface area contributed by atoms with E-state index in [0.29, 0.717) is 0 Å². The van der Waals surface area contributed by atoms with Gasteiger partial charge in [-0.25, -0.2) is 0 Å². The van der Waals surface area contributed by atoms with Gasteiger partial charge in [0, 0.05) is 18.8 Å². The number of aryl methyl sites for hydroxylation is 1. The lowest BCUT2D eigenvalue weighted by Gasteiger charge is -2.23. The Morgan fingerprint density at radius 2 is 1.50 bits per heavy atom. The number of nitrogens with zero attached hydrogens (tertiary/aromatic N) is 1. The van der Waals surface area contributed by atoms with Crippen molar-refractivity contribution in [3.8, 4) is 0 Å². The van der Waals surface area contributed by atoms with Gasteiger partial charge < -0.3 is 4.90 Å². The predicted molar refractivity (Wildman–Crippen MR) is 72.2 cm³/mol. The van der Waals surface area contributed by atoms with Gasteiger partial charge in [0.2, 0.25) is 0 Å². The van der Waals surface area contributed by atoms with E-state index in [1.807, 2.05) is 0 Å². The van der Waals surface area contributed by atoms with E-state index < -0.39 is 0 Å². The zero-order chi connectivity index (χ0) is 11.5. The van der Waals surface area contributed by atoms with Gasteiger partial charge in [-0.3, -0.25) is 0 Å². The SMILES string of the molecule is CCN(CC)c1cc2ccccc2cc1C. The third kappa shape index (κ3) is 1.90. The van der Waals surface area contributed by atoms with Gasteiger partial charge in [-0.2, -0.15) is 0 Å². The maximum absolute atomic E-state index is 2.40. The molecule has 0 saturated heterocycles. The van der Waals surface area contributed by atoms with Gasteiger partial charge in [-0.05, 0) is 49.2 Å². The Balaban J connectivity index is 2.57. The van der Waals surface area contributed by atoms with Crippen LogP contribution in [-0.2, 0) is 0 Å². The van der Waals surface area contributed by atoms with E-state index in [9.17, 15) is 0 Å². The van der Waals surface area contributed by atoms with Gasteiger partial charge in [0.05, 0.1) is 0 Å². The van der Waals surface area contributed by atoms with Crippen molar-refractivity contribution < 1.29 is 0 Å². The number of benzene rings is 2. The molecule has 0 saturated carbocycles. The summed E-state index contributed by atoms with van der Waals surface area (Å²) in [5.41, 5.74) is 2.73. The molecule has 0 aliphatic heterocycles. The molecule has 0 fully saturated rings. The highest BCUT2D eigenvalue weighted by atomic mass is 15.1. The lowest BCUT2D eigenvalue weighted by Crippen LogP contribution is -2.22. The fraction of sp³-hybridized carbons (Fsp3) is 0.333. The summed E-state index contributed by atoms with van der Waals surface area (Å²) >= 11 is 0. The van der Waals surface area contributed by atoms with Crippen LogP contribution in [0.15, 0.2) is 36.4 Å². The van der Waals surface area contributed by atoms with Crippen LogP contribution in [0.3, 0.4) is 0 Å². The molecule has 0 aliphatic carbocycles. The monoisotopic (exact) mass is 213 g/mol. The summed E-state index contributed by atoms with van der Waals surface area (Å²) in [6.45, 7) is 8.74. The zero-order valence-electron chi connectivity index (χ0n) is 10.3. The molecule has 0 spiro atoms. The van der Waals surface area contributed by atoms with Gasteiger partial charge >= 0.3 is 0 Å². The molecular weight excluding hydrogens is 194 g/mol. The number of hydrogen-bond donors (Lipinski definition) is 0. The lowest BCUT2D eigenvalue weighted by atomic mass is 10.0. The second kappa shape index (κ2) is 4.56. The first-order valence-corrected chi connectivity index (χ1v) is 6.00. The van der Waals surface area contributed by atoms with E-state index >= 15 is 0 Å². The summed E-state index contributed by atoms with van der Waals surface area (Å²) in [7, 11) is 0. The zero-order valence-corrected chi connectivity index (χ0v) is 10.3. The lowest BCUT2D eigenvalue weighted by molar-refractivity contribution is 0.863. The van der Waals surface area contributed by atoms with E-state index in [1.54, 1.807) is 0 Å². The van der Waals surface area contributed by atoms with Crippen LogP contribution in [-0.4, -0.2) is 13.1 Å². The standard InChI is InChI=1S/C15H19N/c1-4-16(5-2)15-11-14-9-7-6-8-13(14)10-12(15)3/h6-11H,4-5H2,1-3H3. The summed E-state index contributed by atoms with van der Waals surface area (Å²) < 4.78 is 0. The molecule has 2 rings (SSSR count). The molecular formula is C15H19N. The van der Waals surface area contributed by atoms with Crippen LogP contribution in [0, 0.1) is 6.92 Å². The predicted octanol–water partition coefficient (Wildman–Crippen LogP) is 3.99. The van der Waals surface area contributed by atoms with Crippen molar-refractivity contribution in [2.45, 2.75) is 20.8 Å². The van der Waals surface area contributed by atoms with E-state index in [-0.39, 0.29) is 0 Å². The van der Waals surface area contributed by atoms with Crippen LogP contribution >= 0.6 is 0 Å². The summed E-state index contributed by atoms with van der Waals surface area (Å²) in [6, 6.07) is 13.1. The Morgan fingerprint density at radius 3 is 2.06 bits per heavy atom. The fourth-order valence-corrected chi connectivity index (χ4v) is 2.25. The van der Waals surface area contributed by atoms with Gasteiger partial charge in [0.1, 0.15) is 0 Å². The van der Waals surface area contributed by atoms with Gasteiger partial charge in [0.15, 0.2) is 0 Å². The van der Waals surface area contributed by atoms with Crippen molar-refractivity contribution in [3.63, 3.8) is 0 Å². The molecule has 2 aromatic carbocycles. The molecule has 0 N–H and O–H groups in total. The van der Waals surface area contributed by atoms with E-state index in [0.717, 1.165) is 13.1 Å². The average Bonchev–Trinajstić information content (AvgIpc) is 2.31. The second-order valence-corrected chi connectivity index (χ2v) is 4.16. The molecule has 1 heteroatoms. The molecule has 1 nitrogen and oxygen atoms in total. The number of hydrogen-bond acceptors (Lipinski definition) is 1. The van der Waals surface area contributed by atoms with Crippen LogP contribution in [0.4, 0.5) is 5.69 Å². The molecule has 0 atom stereocenters. The Morgan fingerprint density at radius 1 is 0.938 bits per heavy atom. The minimum Gasteiger partial charge on any atom is -0.372 e. The normalized spacial score (nSPS) is 10.7. The van der Waals surface area contributed by atoms with Crippen LogP contribution in [0.1, 0.15) is 19.4 Å². The topological polar surface area (TPSA) is 3.24 Å². The Bertz CT molecular complexity index is 484. The molecule has 0 aromatic heterocycles. The molecule has 0 aliphatic rings. The van der Waals surface area contributed by atoms with Crippen LogP contribution < -0.4 is 4.90 Å². The number of fused-ring (bicyclic) bond motifs is 1. The Kier molecular flexibility index (Phi) is 3.14. The maximum Gasteiger partial charge on any atom is 0.0402 e. The van der Waals surface area contributed by atoms with E-state index in [4.69, 9.17) is 0 Å². The molecule has 84 valence electrons. The quantitative estimate of drug-likeness (QED) is 0.745. The first-order chi connectivity index (χ1) is 7.76. The summed E-state index contributed by atoms with van der Waals surface area (Å²) in [4.78, 5) is 2.40. The minimum atomic E-state index is 1.07. The first-order valence-electron chi connectivity index (χ1n) is 6.00. The van der Waals surface area contributed by atoms with Gasteiger partial charge in [0.25, 0.3) is 0 Å². The minimum absolute atomic E-state index is 1.07. The highest BCUT2D eigenvalue weighted by Crippen LogP contribution is 2.26. The molecule has 0 heterocycles. The first kappa shape index (κ1) is 11.0. The van der Waals surface area contributed by atoms with Crippen molar-refractivity contribution in [2.24, 2.45) is 0 Å². The summed E-state index contributed by atoms with van der Waals surface area (Å²) in [6.07, 6.45) is 0. The highest BCUT2D eigenvalue weighted by Gasteiger charge is 2.06. The van der Waals surface area contributed by atoms with Crippen molar-refractivity contribution in [3.05, 3.63) is 42.0 Å². The molecule has 16 heavy (non-hydrogen) atoms. The summed E-state index contributed by atoms with van der Waals surface area (Å²) in [5.74, 6) is 0. The summed E-state index contributed by atoms with van der Waals surface area (Å²) in [5, 5.41) is 2.66. The number of anilines is 1. The van der Waals surface area contributed by atoms with E-state index in [1.165, 1.54) is 22.0 Å². The molecule has 0 amide bonds. The Labute approximate surface area is 97.7 Å². The highest BCUT2D eigenvalue weighted by molar-refractivity contribution is 5.87. The third-order valence-electron chi connectivity index (χ3n) is 3.17. The van der Waals surface area contributed by atoms with Crippen molar-refractivity contribution >= 4 is 16.5 Å². The largest absolute Gasteiger partial charge is 0.372 e. The Hall–Kier alpha value is -1.50. The van der Waals surface area contributed by atoms with Crippen LogP contribution in [0.2, 0.25) is 0 Å². The van der Waals surface area contributed by atoms with Crippen molar-refractivity contribution in [2.75, 3.05) is 18.0 Å². The third-order valence-corrected chi connectivity index (χ3v) is 3.17. The van der Waals surface area contributed by atoms with E-state index in [2.05, 4.69) is 62.1 Å². The molecule has 0 bridgehead atoms. The average molecular weight is 213 g/mol.